The highest BCUT2D eigenvalue weighted by atomic mass is 32.2. The minimum atomic E-state index is 0.562. The third kappa shape index (κ3) is 2.49. The van der Waals surface area contributed by atoms with Crippen LogP contribution in [-0.4, -0.2) is 24.7 Å². The molecule has 0 atom stereocenters. The van der Waals surface area contributed by atoms with Crippen molar-refractivity contribution in [2.24, 2.45) is 7.05 Å². The van der Waals surface area contributed by atoms with Crippen LogP contribution in [0.25, 0.3) is 10.2 Å². The van der Waals surface area contributed by atoms with Gasteiger partial charge in [-0.05, 0) is 26.3 Å². The second-order valence-electron chi connectivity index (χ2n) is 4.87. The van der Waals surface area contributed by atoms with Crippen LogP contribution in [0.5, 0.6) is 0 Å². The van der Waals surface area contributed by atoms with E-state index in [2.05, 4.69) is 34.0 Å². The van der Waals surface area contributed by atoms with Crippen molar-refractivity contribution in [3.05, 3.63) is 22.1 Å². The first-order valence-electron chi connectivity index (χ1n) is 6.48. The second-order valence-corrected chi connectivity index (χ2v) is 7.01. The minimum Gasteiger partial charge on any atom is -0.383 e. The topological polar surface area (TPSA) is 82.5 Å². The highest BCUT2D eigenvalue weighted by molar-refractivity contribution is 7.98. The number of thiophene rings is 1. The molecule has 2 N–H and O–H groups in total. The van der Waals surface area contributed by atoms with Crippen LogP contribution in [0.1, 0.15) is 22.1 Å². The van der Waals surface area contributed by atoms with E-state index in [1.165, 1.54) is 10.4 Å². The number of hydrogen-bond acceptors (Lipinski definition) is 7. The Morgan fingerprint density at radius 2 is 1.95 bits per heavy atom. The van der Waals surface area contributed by atoms with Crippen LogP contribution < -0.4 is 5.73 Å². The van der Waals surface area contributed by atoms with Crippen LogP contribution in [0.15, 0.2) is 5.16 Å². The molecule has 3 aromatic heterocycles. The molecule has 0 aromatic carbocycles. The molecule has 3 rings (SSSR count). The molecular formula is C13H16N6S2. The van der Waals surface area contributed by atoms with Gasteiger partial charge in [-0.3, -0.25) is 0 Å². The zero-order chi connectivity index (χ0) is 15.1. The summed E-state index contributed by atoms with van der Waals surface area (Å²) in [5.41, 5.74) is 7.26. The van der Waals surface area contributed by atoms with Gasteiger partial charge in [0.25, 0.3) is 0 Å². The lowest BCUT2D eigenvalue weighted by Crippen LogP contribution is -2.00. The number of nitrogens with zero attached hydrogens (tertiary/aromatic N) is 5. The quantitative estimate of drug-likeness (QED) is 0.747. The predicted octanol–water partition coefficient (Wildman–Crippen LogP) is 2.62. The van der Waals surface area contributed by atoms with E-state index < -0.39 is 0 Å². The van der Waals surface area contributed by atoms with E-state index in [-0.39, 0.29) is 0 Å². The predicted molar refractivity (Wildman–Crippen MR) is 86.6 cm³/mol. The van der Waals surface area contributed by atoms with Gasteiger partial charge in [-0.1, -0.05) is 11.8 Å². The van der Waals surface area contributed by atoms with Crippen molar-refractivity contribution in [2.75, 3.05) is 5.73 Å². The molecule has 6 nitrogen and oxygen atoms in total. The van der Waals surface area contributed by atoms with E-state index in [1.54, 1.807) is 23.1 Å². The van der Waals surface area contributed by atoms with Crippen molar-refractivity contribution >= 4 is 39.1 Å². The lowest BCUT2D eigenvalue weighted by atomic mass is 10.2. The number of thioether (sulfide) groups is 1. The van der Waals surface area contributed by atoms with E-state index in [1.807, 2.05) is 18.5 Å². The highest BCUT2D eigenvalue weighted by Gasteiger charge is 2.13. The molecule has 3 aromatic rings. The summed E-state index contributed by atoms with van der Waals surface area (Å²) < 4.78 is 1.95. The number of aryl methyl sites for hydroxylation is 3. The van der Waals surface area contributed by atoms with Gasteiger partial charge < -0.3 is 10.3 Å². The van der Waals surface area contributed by atoms with Gasteiger partial charge in [0.2, 0.25) is 0 Å². The fourth-order valence-corrected chi connectivity index (χ4v) is 3.90. The van der Waals surface area contributed by atoms with Crippen molar-refractivity contribution < 1.29 is 0 Å². The summed E-state index contributed by atoms with van der Waals surface area (Å²) in [5.74, 6) is 2.80. The Morgan fingerprint density at radius 1 is 1.19 bits per heavy atom. The molecule has 0 bridgehead atoms. The monoisotopic (exact) mass is 320 g/mol. The van der Waals surface area contributed by atoms with Crippen LogP contribution in [-0.2, 0) is 12.8 Å². The maximum Gasteiger partial charge on any atom is 0.191 e. The maximum atomic E-state index is 6.09. The maximum absolute atomic E-state index is 6.09. The normalized spacial score (nSPS) is 11.4. The molecule has 0 fully saturated rings. The van der Waals surface area contributed by atoms with Crippen molar-refractivity contribution in [1.82, 2.24) is 24.7 Å². The van der Waals surface area contributed by atoms with Gasteiger partial charge in [0.1, 0.15) is 22.3 Å². The van der Waals surface area contributed by atoms with Crippen molar-refractivity contribution in [1.29, 1.82) is 0 Å². The Labute approximate surface area is 130 Å². The summed E-state index contributed by atoms with van der Waals surface area (Å²) in [4.78, 5) is 11.2. The number of nitrogen functional groups attached to an aromatic ring is 1. The number of rotatable bonds is 3. The number of hydrogen-bond donors (Lipinski definition) is 1. The smallest absolute Gasteiger partial charge is 0.191 e. The van der Waals surface area contributed by atoms with Crippen LogP contribution in [0.3, 0.4) is 0 Å². The van der Waals surface area contributed by atoms with Gasteiger partial charge in [0.05, 0.1) is 11.1 Å². The average molecular weight is 320 g/mol. The van der Waals surface area contributed by atoms with Gasteiger partial charge in [-0.25, -0.2) is 9.97 Å². The lowest BCUT2D eigenvalue weighted by molar-refractivity contribution is 0.765. The first-order valence-corrected chi connectivity index (χ1v) is 8.28. The van der Waals surface area contributed by atoms with Crippen LogP contribution in [0, 0.1) is 20.8 Å². The fraction of sp³-hybridized carbons (Fsp3) is 0.385. The molecule has 0 saturated carbocycles. The first-order chi connectivity index (χ1) is 9.97. The van der Waals surface area contributed by atoms with Crippen LogP contribution >= 0.6 is 23.1 Å². The number of nitrogens with two attached hydrogens (primary N) is 1. The zero-order valence-corrected chi connectivity index (χ0v) is 14.0. The highest BCUT2D eigenvalue weighted by Crippen LogP contribution is 2.32. The first kappa shape index (κ1) is 14.3. The van der Waals surface area contributed by atoms with Crippen molar-refractivity contribution in [2.45, 2.75) is 31.7 Å². The Kier molecular flexibility index (Phi) is 3.58. The van der Waals surface area contributed by atoms with Gasteiger partial charge in [-0.2, -0.15) is 0 Å². The van der Waals surface area contributed by atoms with Gasteiger partial charge >= 0.3 is 0 Å². The average Bonchev–Trinajstić information content (AvgIpc) is 2.90. The molecule has 0 aliphatic heterocycles. The Hall–Kier alpha value is -1.67. The van der Waals surface area contributed by atoms with Crippen molar-refractivity contribution in [3.63, 3.8) is 0 Å². The lowest BCUT2D eigenvalue weighted by Gasteiger charge is -2.03. The van der Waals surface area contributed by atoms with Gasteiger partial charge in [0.15, 0.2) is 5.16 Å². The van der Waals surface area contributed by atoms with E-state index in [0.29, 0.717) is 11.6 Å². The number of anilines is 1. The molecule has 8 heteroatoms. The number of fused-ring (bicyclic) bond motifs is 1. The van der Waals surface area contributed by atoms with E-state index in [9.17, 15) is 0 Å². The van der Waals surface area contributed by atoms with E-state index in [4.69, 9.17) is 5.73 Å². The summed E-state index contributed by atoms with van der Waals surface area (Å²) in [6.07, 6.45) is 0. The van der Waals surface area contributed by atoms with E-state index >= 15 is 0 Å². The Morgan fingerprint density at radius 3 is 2.62 bits per heavy atom. The SMILES string of the molecule is Cc1sc2nc(CSc3nnc(C)n3C)nc(N)c2c1C. The molecule has 0 amide bonds. The molecular weight excluding hydrogens is 304 g/mol. The molecule has 0 aliphatic carbocycles. The molecule has 0 spiro atoms. The summed E-state index contributed by atoms with van der Waals surface area (Å²) in [6, 6.07) is 0. The molecule has 0 saturated heterocycles. The van der Waals surface area contributed by atoms with Gasteiger partial charge in [-0.15, -0.1) is 21.5 Å². The third-order valence-corrected chi connectivity index (χ3v) is 5.60. The van der Waals surface area contributed by atoms with Gasteiger partial charge in [0, 0.05) is 11.9 Å². The van der Waals surface area contributed by atoms with Crippen LogP contribution in [0.2, 0.25) is 0 Å². The third-order valence-electron chi connectivity index (χ3n) is 3.49. The largest absolute Gasteiger partial charge is 0.383 e. The Balaban J connectivity index is 1.89. The minimum absolute atomic E-state index is 0.562. The molecule has 21 heavy (non-hydrogen) atoms. The molecule has 110 valence electrons. The molecule has 0 aliphatic rings. The summed E-state index contributed by atoms with van der Waals surface area (Å²) in [6.45, 7) is 6.07. The standard InChI is InChI=1S/C13H16N6S2/c1-6-7(2)21-12-10(6)11(14)15-9(16-12)5-20-13-18-17-8(3)19(13)4/h5H2,1-4H3,(H2,14,15,16). The second kappa shape index (κ2) is 5.27. The zero-order valence-electron chi connectivity index (χ0n) is 12.3. The van der Waals surface area contributed by atoms with Crippen LogP contribution in [0.4, 0.5) is 5.82 Å². The summed E-state index contributed by atoms with van der Waals surface area (Å²) in [5, 5.41) is 10.0. The van der Waals surface area contributed by atoms with Crippen molar-refractivity contribution in [3.8, 4) is 0 Å². The summed E-state index contributed by atoms with van der Waals surface area (Å²) in [7, 11) is 1.95. The Bertz CT molecular complexity index is 820. The molecule has 0 radical (unpaired) electrons. The molecule has 0 unspecified atom stereocenters. The summed E-state index contributed by atoms with van der Waals surface area (Å²) >= 11 is 3.23. The van der Waals surface area contributed by atoms with E-state index in [0.717, 1.165) is 27.0 Å². The fourth-order valence-electron chi connectivity index (χ4n) is 2.03. The number of aromatic nitrogens is 5. The molecule has 3 heterocycles.